The number of carbonyl (C=O) groups excluding carboxylic acids is 1. The summed E-state index contributed by atoms with van der Waals surface area (Å²) in [5.41, 5.74) is 7.88. The molecule has 1 fully saturated rings. The van der Waals surface area contributed by atoms with E-state index in [1.807, 2.05) is 12.1 Å². The zero-order valence-electron chi connectivity index (χ0n) is 12.8. The second-order valence-corrected chi connectivity index (χ2v) is 5.85. The molecule has 0 bridgehead atoms. The summed E-state index contributed by atoms with van der Waals surface area (Å²) in [6.45, 7) is 1.41. The summed E-state index contributed by atoms with van der Waals surface area (Å²) in [6.07, 6.45) is 5.00. The van der Waals surface area contributed by atoms with Gasteiger partial charge in [-0.15, -0.1) is 0 Å². The van der Waals surface area contributed by atoms with Gasteiger partial charge < -0.3 is 15.8 Å². The molecule has 4 heteroatoms. The molecule has 1 saturated carbocycles. The van der Waals surface area contributed by atoms with Crippen molar-refractivity contribution in [1.82, 2.24) is 5.32 Å². The summed E-state index contributed by atoms with van der Waals surface area (Å²) in [5.74, 6) is 0.961. The van der Waals surface area contributed by atoms with E-state index in [0.717, 1.165) is 37.8 Å². The van der Waals surface area contributed by atoms with Crippen molar-refractivity contribution in [3.8, 4) is 0 Å². The number of nitrogens with two attached hydrogens (primary N) is 1. The van der Waals surface area contributed by atoms with Gasteiger partial charge in [0.25, 0.3) is 0 Å². The first-order valence-electron chi connectivity index (χ1n) is 7.82. The van der Waals surface area contributed by atoms with Gasteiger partial charge in [-0.1, -0.05) is 12.1 Å². The van der Waals surface area contributed by atoms with Crippen LogP contribution in [0.15, 0.2) is 24.3 Å². The van der Waals surface area contributed by atoms with Crippen LogP contribution in [0.4, 0.5) is 5.69 Å². The molecule has 3 N–H and O–H groups in total. The molecule has 2 rings (SSSR count). The molecule has 4 nitrogen and oxygen atoms in total. The largest absolute Gasteiger partial charge is 0.399 e. The lowest BCUT2D eigenvalue weighted by Crippen LogP contribution is -2.33. The minimum Gasteiger partial charge on any atom is -0.399 e. The number of nitrogens with one attached hydrogen (secondary N) is 1. The van der Waals surface area contributed by atoms with Gasteiger partial charge in [-0.25, -0.2) is 0 Å². The number of hydrogen-bond acceptors (Lipinski definition) is 3. The Morgan fingerprint density at radius 1 is 1.24 bits per heavy atom. The molecule has 0 heterocycles. The highest BCUT2D eigenvalue weighted by Crippen LogP contribution is 2.36. The predicted molar refractivity (Wildman–Crippen MR) is 85.1 cm³/mol. The molecule has 21 heavy (non-hydrogen) atoms. The van der Waals surface area contributed by atoms with Gasteiger partial charge in [0.1, 0.15) is 0 Å². The van der Waals surface area contributed by atoms with E-state index in [9.17, 15) is 4.79 Å². The van der Waals surface area contributed by atoms with Crippen LogP contribution >= 0.6 is 0 Å². The molecule has 0 spiro atoms. The lowest BCUT2D eigenvalue weighted by molar-refractivity contribution is -0.126. The lowest BCUT2D eigenvalue weighted by Gasteiger charge is -2.28. The van der Waals surface area contributed by atoms with Crippen molar-refractivity contribution in [1.29, 1.82) is 0 Å². The first-order valence-corrected chi connectivity index (χ1v) is 7.82. The van der Waals surface area contributed by atoms with Crippen LogP contribution in [0.2, 0.25) is 0 Å². The van der Waals surface area contributed by atoms with Crippen LogP contribution in [-0.2, 0) is 9.53 Å². The molecule has 0 radical (unpaired) electrons. The molecule has 0 aliphatic heterocycles. The van der Waals surface area contributed by atoms with E-state index < -0.39 is 0 Å². The summed E-state index contributed by atoms with van der Waals surface area (Å²) in [7, 11) is 1.68. The summed E-state index contributed by atoms with van der Waals surface area (Å²) >= 11 is 0. The summed E-state index contributed by atoms with van der Waals surface area (Å²) < 4.78 is 4.98. The summed E-state index contributed by atoms with van der Waals surface area (Å²) in [5, 5.41) is 3.01. The maximum atomic E-state index is 12.1. The van der Waals surface area contributed by atoms with E-state index >= 15 is 0 Å². The average Bonchev–Trinajstić information content (AvgIpc) is 2.52. The molecule has 1 aromatic rings. The fourth-order valence-electron chi connectivity index (χ4n) is 3.03. The van der Waals surface area contributed by atoms with Crippen LogP contribution in [0.25, 0.3) is 0 Å². The van der Waals surface area contributed by atoms with Gasteiger partial charge in [-0.2, -0.15) is 0 Å². The number of carbonyl (C=O) groups is 1. The van der Waals surface area contributed by atoms with Gasteiger partial charge in [0.15, 0.2) is 0 Å². The molecule has 0 saturated heterocycles. The standard InChI is InChI=1S/C17H26N2O2/c1-21-12-2-11-19-17(20)15-5-3-13(4-6-15)14-7-9-16(18)10-8-14/h7-10,13,15H,2-6,11-12,18H2,1H3,(H,19,20). The molecule has 1 aliphatic rings. The van der Waals surface area contributed by atoms with E-state index in [4.69, 9.17) is 10.5 Å². The minimum absolute atomic E-state index is 0.178. The number of methoxy groups -OCH3 is 1. The maximum absolute atomic E-state index is 12.1. The third-order valence-corrected chi connectivity index (χ3v) is 4.33. The Morgan fingerprint density at radius 3 is 2.52 bits per heavy atom. The van der Waals surface area contributed by atoms with Gasteiger partial charge >= 0.3 is 0 Å². The van der Waals surface area contributed by atoms with Gasteiger partial charge in [0.2, 0.25) is 5.91 Å². The predicted octanol–water partition coefficient (Wildman–Crippen LogP) is 2.70. The quantitative estimate of drug-likeness (QED) is 0.625. The van der Waals surface area contributed by atoms with E-state index in [0.29, 0.717) is 19.1 Å². The Kier molecular flexibility index (Phi) is 6.05. The normalized spacial score (nSPS) is 22.0. The molecule has 1 aromatic carbocycles. The fourth-order valence-corrected chi connectivity index (χ4v) is 3.03. The van der Waals surface area contributed by atoms with Crippen molar-refractivity contribution < 1.29 is 9.53 Å². The van der Waals surface area contributed by atoms with Crippen LogP contribution in [-0.4, -0.2) is 26.2 Å². The lowest BCUT2D eigenvalue weighted by atomic mass is 9.78. The number of benzene rings is 1. The number of anilines is 1. The second kappa shape index (κ2) is 8.03. The molecule has 0 atom stereocenters. The van der Waals surface area contributed by atoms with Gasteiger partial charge in [0, 0.05) is 31.9 Å². The number of nitrogen functional groups attached to an aromatic ring is 1. The molecule has 0 aromatic heterocycles. The number of ether oxygens (including phenoxy) is 1. The van der Waals surface area contributed by atoms with E-state index in [2.05, 4.69) is 17.4 Å². The first kappa shape index (κ1) is 15.8. The number of hydrogen-bond donors (Lipinski definition) is 2. The van der Waals surface area contributed by atoms with Crippen LogP contribution in [0.1, 0.15) is 43.6 Å². The zero-order valence-corrected chi connectivity index (χ0v) is 12.8. The fraction of sp³-hybridized carbons (Fsp3) is 0.588. The van der Waals surface area contributed by atoms with Gasteiger partial charge in [-0.3, -0.25) is 4.79 Å². The molecular weight excluding hydrogens is 264 g/mol. The molecule has 1 aliphatic carbocycles. The van der Waals surface area contributed by atoms with Crippen molar-refractivity contribution in [3.63, 3.8) is 0 Å². The highest BCUT2D eigenvalue weighted by atomic mass is 16.5. The van der Waals surface area contributed by atoms with E-state index in [-0.39, 0.29) is 11.8 Å². The van der Waals surface area contributed by atoms with Crippen LogP contribution in [0.5, 0.6) is 0 Å². The highest BCUT2D eigenvalue weighted by molar-refractivity contribution is 5.78. The third-order valence-electron chi connectivity index (χ3n) is 4.33. The maximum Gasteiger partial charge on any atom is 0.223 e. The molecule has 1 amide bonds. The molecule has 116 valence electrons. The van der Waals surface area contributed by atoms with Crippen LogP contribution < -0.4 is 11.1 Å². The Labute approximate surface area is 127 Å². The first-order chi connectivity index (χ1) is 10.2. The Bertz CT molecular complexity index is 437. The van der Waals surface area contributed by atoms with Gasteiger partial charge in [-0.05, 0) is 55.7 Å². The Morgan fingerprint density at radius 2 is 1.90 bits per heavy atom. The highest BCUT2D eigenvalue weighted by Gasteiger charge is 2.26. The van der Waals surface area contributed by atoms with Crippen molar-refractivity contribution in [2.45, 2.75) is 38.0 Å². The average molecular weight is 290 g/mol. The van der Waals surface area contributed by atoms with Crippen molar-refractivity contribution in [3.05, 3.63) is 29.8 Å². The zero-order chi connectivity index (χ0) is 15.1. The van der Waals surface area contributed by atoms with Crippen molar-refractivity contribution >= 4 is 11.6 Å². The Balaban J connectivity index is 1.75. The van der Waals surface area contributed by atoms with Crippen LogP contribution in [0.3, 0.4) is 0 Å². The SMILES string of the molecule is COCCCNC(=O)C1CCC(c2ccc(N)cc2)CC1. The minimum atomic E-state index is 0.178. The number of amides is 1. The number of rotatable bonds is 6. The third kappa shape index (κ3) is 4.74. The Hall–Kier alpha value is -1.55. The summed E-state index contributed by atoms with van der Waals surface area (Å²) in [6, 6.07) is 8.16. The summed E-state index contributed by atoms with van der Waals surface area (Å²) in [4.78, 5) is 12.1. The van der Waals surface area contributed by atoms with E-state index in [1.165, 1.54) is 5.56 Å². The van der Waals surface area contributed by atoms with E-state index in [1.54, 1.807) is 7.11 Å². The van der Waals surface area contributed by atoms with Gasteiger partial charge in [0.05, 0.1) is 0 Å². The second-order valence-electron chi connectivity index (χ2n) is 5.85. The molecule has 0 unspecified atom stereocenters. The molecular formula is C17H26N2O2. The van der Waals surface area contributed by atoms with Crippen molar-refractivity contribution in [2.75, 3.05) is 26.0 Å². The monoisotopic (exact) mass is 290 g/mol. The van der Waals surface area contributed by atoms with Crippen molar-refractivity contribution in [2.24, 2.45) is 5.92 Å². The smallest absolute Gasteiger partial charge is 0.223 e. The topological polar surface area (TPSA) is 64.3 Å². The van der Waals surface area contributed by atoms with Crippen LogP contribution in [0, 0.1) is 5.92 Å².